The molecular weight excluding hydrogens is 921 g/mol. The molecule has 4 amide bonds. The molecule has 3 aromatic carbocycles. The number of urea groups is 1. The van der Waals surface area contributed by atoms with Crippen LogP contribution in [0.5, 0.6) is 11.5 Å². The standard InChI is InChI=1S/C44H47N7O7.3CHO.Tc/c1-30-10-2-3-13-36(30)50-44(56)47-33-18-15-31(16-19-33)24-41(52)48-37(43(55)49-38(26-42(53)54)32-17-20-39-40(25-32)58-29-57-39)14-6-9-23-51(27-34-11-4-7-21-45-34)28-35-12-5-8-22-46-35;3*1-2;/h2-5,7-8,10-13,15-22,25,37-38H,6,9,14,23-24,26-29H2,1H3,(H,48,52)(H,49,55)(H,53,54)(H2,47,50,56);3*1H;/q;2*-1;+1;/t37-,38-;;;;/m0..../s1. The normalized spacial score (nSPS) is 11.5. The van der Waals surface area contributed by atoms with Gasteiger partial charge in [-0.3, -0.25) is 42.8 Å². The van der Waals surface area contributed by atoms with Crippen LogP contribution in [-0.4, -0.2) is 83.5 Å². The third-order valence-electron chi connectivity index (χ3n) is 9.56. The number of aryl methyl sites for hydroxylation is 1. The summed E-state index contributed by atoms with van der Waals surface area (Å²) >= 11 is 0. The minimum Gasteiger partial charge on any atom is -0.545 e. The molecule has 1 aliphatic heterocycles. The number of aromatic nitrogens is 2. The summed E-state index contributed by atoms with van der Waals surface area (Å²) in [5.74, 6) is -1.00. The molecule has 1 radical (unpaired) electrons. The van der Waals surface area contributed by atoms with E-state index in [0.717, 1.165) is 17.0 Å². The fourth-order valence-corrected chi connectivity index (χ4v) is 6.57. The van der Waals surface area contributed by atoms with Crippen molar-refractivity contribution in [2.45, 2.75) is 64.2 Å². The number of carbonyl (C=O) groups excluding carboxylic acids is 6. The summed E-state index contributed by atoms with van der Waals surface area (Å²) in [6, 6.07) is 28.7. The number of aliphatic carboxylic acids is 1. The molecule has 2 atom stereocenters. The van der Waals surface area contributed by atoms with E-state index >= 15 is 0 Å². The number of anilines is 2. The van der Waals surface area contributed by atoms with Gasteiger partial charge in [0.15, 0.2) is 11.5 Å². The number of pyridine rings is 2. The van der Waals surface area contributed by atoms with E-state index in [1.54, 1.807) is 54.9 Å². The van der Waals surface area contributed by atoms with E-state index in [1.807, 2.05) is 67.6 Å². The van der Waals surface area contributed by atoms with Gasteiger partial charge >= 0.3 is 18.8 Å². The minimum atomic E-state index is -1.10. The zero-order valence-electron chi connectivity index (χ0n) is 35.6. The molecule has 0 aliphatic carbocycles. The molecule has 2 aromatic heterocycles. The molecule has 6 rings (SSSR count). The van der Waals surface area contributed by atoms with Gasteiger partial charge < -0.3 is 45.4 Å². The van der Waals surface area contributed by atoms with Crippen LogP contribution in [0.4, 0.5) is 16.2 Å². The van der Waals surface area contributed by atoms with E-state index in [1.165, 1.54) is 0 Å². The van der Waals surface area contributed by atoms with Gasteiger partial charge in [-0.25, -0.2) is 4.79 Å². The number of unbranched alkanes of at least 4 members (excludes halogenated alkanes) is 1. The number of amides is 4. The van der Waals surface area contributed by atoms with Gasteiger partial charge in [0.1, 0.15) is 6.04 Å². The number of nitrogens with one attached hydrogen (secondary N) is 4. The average molecular weight is 971 g/mol. The second-order valence-corrected chi connectivity index (χ2v) is 14.0. The van der Waals surface area contributed by atoms with Crippen molar-refractivity contribution < 1.29 is 68.2 Å². The molecule has 0 spiro atoms. The topological polar surface area (TPSA) is 235 Å². The Balaban J connectivity index is 0.00000199. The van der Waals surface area contributed by atoms with E-state index in [2.05, 4.69) is 56.5 Å². The maximum Gasteiger partial charge on any atom is 0.490 e. The molecular formula is C47H50N7O10Tc-. The van der Waals surface area contributed by atoms with Crippen molar-refractivity contribution in [3.05, 3.63) is 144 Å². The van der Waals surface area contributed by atoms with Gasteiger partial charge in [0.05, 0.1) is 30.3 Å². The number of benzene rings is 3. The largest absolute Gasteiger partial charge is 0.545 e. The number of para-hydroxylation sites is 1. The number of nitrogens with zero attached hydrogens (tertiary/aromatic N) is 3. The number of carbonyl (C=O) groups is 4. The van der Waals surface area contributed by atoms with Crippen LogP contribution >= 0.6 is 0 Å². The summed E-state index contributed by atoms with van der Waals surface area (Å²) in [7, 11) is 0. The zero-order valence-corrected chi connectivity index (χ0v) is 37.4. The molecule has 341 valence electrons. The summed E-state index contributed by atoms with van der Waals surface area (Å²) < 4.78 is 10.9. The molecule has 5 N–H and O–H groups in total. The van der Waals surface area contributed by atoms with Crippen molar-refractivity contribution in [2.24, 2.45) is 0 Å². The molecule has 0 bridgehead atoms. The van der Waals surface area contributed by atoms with E-state index in [4.69, 9.17) is 23.9 Å². The van der Waals surface area contributed by atoms with Gasteiger partial charge in [-0.2, -0.15) is 0 Å². The fourth-order valence-electron chi connectivity index (χ4n) is 6.57. The van der Waals surface area contributed by atoms with Gasteiger partial charge in [-0.1, -0.05) is 48.5 Å². The SMILES string of the molecule is Cc1ccccc1NC(=O)Nc1ccc(CC(=O)N[C@@H](CCCCN(Cc2ccccn2)Cc2ccccn2)C(=O)N[C@@H](CC(=O)O)c2ccc3c(c2)OCO3)cc1.[CH+]=O.[CH-]=O.[CH-]=O.[Tc]. The summed E-state index contributed by atoms with van der Waals surface area (Å²) in [5, 5.41) is 21.2. The predicted molar refractivity (Wildman–Crippen MR) is 238 cm³/mol. The fraction of sp³-hybridized carbons (Fsp3) is 0.255. The summed E-state index contributed by atoms with van der Waals surface area (Å²) in [6.07, 6.45) is 4.70. The monoisotopic (exact) mass is 969 g/mol. The Morgan fingerprint density at radius 3 is 1.98 bits per heavy atom. The summed E-state index contributed by atoms with van der Waals surface area (Å²) in [6.45, 7) is 13.6. The number of hydrogen-bond acceptors (Lipinski definition) is 12. The van der Waals surface area contributed by atoms with Gasteiger partial charge in [-0.15, -0.1) is 0 Å². The van der Waals surface area contributed by atoms with Crippen molar-refractivity contribution in [3.8, 4) is 11.5 Å². The maximum absolute atomic E-state index is 14.0. The Kier molecular flexibility index (Phi) is 24.8. The minimum absolute atomic E-state index is 0. The van der Waals surface area contributed by atoms with Gasteiger partial charge in [0.25, 0.3) is 0 Å². The van der Waals surface area contributed by atoms with Crippen molar-refractivity contribution in [3.63, 3.8) is 0 Å². The predicted octanol–water partition coefficient (Wildman–Crippen LogP) is 5.57. The van der Waals surface area contributed by atoms with Crippen molar-refractivity contribution >= 4 is 55.6 Å². The van der Waals surface area contributed by atoms with Crippen LogP contribution in [0.15, 0.2) is 116 Å². The van der Waals surface area contributed by atoms with E-state index in [-0.39, 0.29) is 45.6 Å². The molecule has 0 saturated heterocycles. The number of rotatable bonds is 19. The van der Waals surface area contributed by atoms with Crippen LogP contribution in [0.25, 0.3) is 0 Å². The first-order valence-corrected chi connectivity index (χ1v) is 19.8. The van der Waals surface area contributed by atoms with Crippen molar-refractivity contribution in [1.82, 2.24) is 25.5 Å². The zero-order chi connectivity index (χ0) is 46.7. The van der Waals surface area contributed by atoms with Gasteiger partial charge in [-0.05, 0) is 104 Å². The maximum atomic E-state index is 14.0. The summed E-state index contributed by atoms with van der Waals surface area (Å²) in [4.78, 5) is 86.5. The first kappa shape index (κ1) is 53.9. The Hall–Kier alpha value is -7.23. The van der Waals surface area contributed by atoms with E-state index in [9.17, 15) is 24.3 Å². The Bertz CT molecular complexity index is 2180. The van der Waals surface area contributed by atoms with Crippen LogP contribution in [0.3, 0.4) is 0 Å². The molecule has 3 heterocycles. The van der Waals surface area contributed by atoms with Crippen LogP contribution in [0.2, 0.25) is 0 Å². The number of fused-ring (bicyclic) bond motifs is 1. The number of carboxylic acid groups (broad SMARTS) is 1. The molecule has 1 aliphatic rings. The molecule has 65 heavy (non-hydrogen) atoms. The smallest absolute Gasteiger partial charge is 0.490 e. The van der Waals surface area contributed by atoms with Gasteiger partial charge in [0.2, 0.25) is 18.6 Å². The molecule has 0 saturated carbocycles. The molecule has 5 aromatic rings. The van der Waals surface area contributed by atoms with Crippen LogP contribution in [-0.2, 0) is 68.4 Å². The van der Waals surface area contributed by atoms with Crippen LogP contribution < -0.4 is 30.7 Å². The number of hydrogen-bond donors (Lipinski definition) is 5. The Morgan fingerprint density at radius 2 is 1.38 bits per heavy atom. The molecule has 0 unspecified atom stereocenters. The third-order valence-corrected chi connectivity index (χ3v) is 9.56. The first-order chi connectivity index (χ1) is 31.2. The molecule has 18 heteroatoms. The Morgan fingerprint density at radius 1 is 0.769 bits per heavy atom. The second kappa shape index (κ2) is 30.0. The number of carboxylic acids is 1. The van der Waals surface area contributed by atoms with Crippen LogP contribution in [0, 0.1) is 6.92 Å². The van der Waals surface area contributed by atoms with Crippen molar-refractivity contribution in [1.29, 1.82) is 0 Å². The third kappa shape index (κ3) is 18.6. The van der Waals surface area contributed by atoms with Gasteiger partial charge in [0, 0.05) is 61.8 Å². The summed E-state index contributed by atoms with van der Waals surface area (Å²) in [5.41, 5.74) is 5.22. The van der Waals surface area contributed by atoms with Crippen molar-refractivity contribution in [2.75, 3.05) is 24.0 Å². The second-order valence-electron chi connectivity index (χ2n) is 14.0. The van der Waals surface area contributed by atoms with Crippen LogP contribution in [0.1, 0.15) is 59.8 Å². The first-order valence-electron chi connectivity index (χ1n) is 19.8. The molecule has 0 fully saturated rings. The quantitative estimate of drug-likeness (QED) is 0.0388. The Labute approximate surface area is 391 Å². The van der Waals surface area contributed by atoms with E-state index < -0.39 is 30.0 Å². The average Bonchev–Trinajstić information content (AvgIpc) is 3.79. The number of ether oxygens (including phenoxy) is 2. The molecule has 17 nitrogen and oxygen atoms in total. The van der Waals surface area contributed by atoms with E-state index in [0.29, 0.717) is 72.9 Å².